The van der Waals surface area contributed by atoms with Gasteiger partial charge in [-0.1, -0.05) is 12.7 Å². The fraction of sp³-hybridized carbons (Fsp3) is 0.318. The number of pyridine rings is 1. The highest BCUT2D eigenvalue weighted by molar-refractivity contribution is 6.04. The lowest BCUT2D eigenvalue weighted by atomic mass is 9.92. The number of amides is 1. The lowest BCUT2D eigenvalue weighted by molar-refractivity contribution is -0.112. The van der Waals surface area contributed by atoms with E-state index >= 15 is 0 Å². The van der Waals surface area contributed by atoms with Crippen LogP contribution in [0.1, 0.15) is 32.3 Å². The van der Waals surface area contributed by atoms with Crippen molar-refractivity contribution >= 4 is 11.6 Å². The van der Waals surface area contributed by atoms with Crippen LogP contribution in [0.15, 0.2) is 59.6 Å². The lowest BCUT2D eigenvalue weighted by Gasteiger charge is -2.16. The largest absolute Gasteiger partial charge is 0.321 e. The summed E-state index contributed by atoms with van der Waals surface area (Å²) in [6, 6.07) is 3.65. The quantitative estimate of drug-likeness (QED) is 0.518. The first-order valence-corrected chi connectivity index (χ1v) is 9.76. The maximum atomic E-state index is 13.0. The Bertz CT molecular complexity index is 1050. The van der Waals surface area contributed by atoms with Crippen molar-refractivity contribution in [1.29, 1.82) is 5.26 Å². The minimum atomic E-state index is -0.227. The summed E-state index contributed by atoms with van der Waals surface area (Å²) in [5, 5.41) is 23.4. The molecule has 0 saturated heterocycles. The molecule has 2 aromatic heterocycles. The van der Waals surface area contributed by atoms with Gasteiger partial charge in [-0.2, -0.15) is 15.5 Å². The van der Waals surface area contributed by atoms with E-state index in [-0.39, 0.29) is 11.5 Å². The molecule has 0 radical (unpaired) electrons. The first kappa shape index (κ1) is 21.1. The topological polar surface area (TPSA) is 109 Å². The number of nitriles is 1. The van der Waals surface area contributed by atoms with E-state index < -0.39 is 0 Å². The number of rotatable bonds is 8. The van der Waals surface area contributed by atoms with Crippen molar-refractivity contribution in [3.05, 3.63) is 65.2 Å². The van der Waals surface area contributed by atoms with Crippen LogP contribution in [0, 0.1) is 17.2 Å². The molecule has 1 amide bonds. The number of carbonyl (C=O) groups excluding carboxylic acids is 1. The lowest BCUT2D eigenvalue weighted by Crippen LogP contribution is -2.17. The maximum Gasteiger partial charge on any atom is 0.251 e. The van der Waals surface area contributed by atoms with Crippen molar-refractivity contribution < 1.29 is 4.79 Å². The van der Waals surface area contributed by atoms with Gasteiger partial charge in [0.1, 0.15) is 11.6 Å². The monoisotopic (exact) mass is 403 g/mol. The third-order valence-corrected chi connectivity index (χ3v) is 5.00. The molecule has 1 aliphatic rings. The van der Waals surface area contributed by atoms with Gasteiger partial charge in [-0.05, 0) is 62.4 Å². The summed E-state index contributed by atoms with van der Waals surface area (Å²) in [6.07, 6.45) is 8.70. The number of anilines is 1. The number of allylic oxidation sites excluding steroid dienone is 3. The molecule has 2 heterocycles. The summed E-state index contributed by atoms with van der Waals surface area (Å²) in [7, 11) is 1.89. The molecule has 1 fully saturated rings. The number of nitrogens with zero attached hydrogens (tertiary/aromatic N) is 5. The van der Waals surface area contributed by atoms with Gasteiger partial charge in [-0.15, -0.1) is 4.80 Å². The predicted octanol–water partition coefficient (Wildman–Crippen LogP) is 2.92. The molecule has 0 aromatic carbocycles. The Morgan fingerprint density at radius 3 is 2.67 bits per heavy atom. The molecule has 0 bridgehead atoms. The zero-order chi connectivity index (χ0) is 21.7. The first-order valence-electron chi connectivity index (χ1n) is 9.76. The van der Waals surface area contributed by atoms with Crippen LogP contribution in [0.5, 0.6) is 0 Å². The van der Waals surface area contributed by atoms with E-state index in [2.05, 4.69) is 44.5 Å². The summed E-state index contributed by atoms with van der Waals surface area (Å²) in [6.45, 7) is 8.82. The average Bonchev–Trinajstić information content (AvgIpc) is 3.43. The van der Waals surface area contributed by atoms with Gasteiger partial charge in [0.25, 0.3) is 5.91 Å². The zero-order valence-corrected chi connectivity index (χ0v) is 17.4. The molecular weight excluding hydrogens is 378 g/mol. The van der Waals surface area contributed by atoms with Gasteiger partial charge < -0.3 is 10.6 Å². The molecule has 8 heteroatoms. The fourth-order valence-electron chi connectivity index (χ4n) is 3.18. The van der Waals surface area contributed by atoms with E-state index in [0.717, 1.165) is 36.1 Å². The first-order chi connectivity index (χ1) is 14.5. The van der Waals surface area contributed by atoms with Crippen LogP contribution in [-0.2, 0) is 4.79 Å². The summed E-state index contributed by atoms with van der Waals surface area (Å²) in [5.74, 6) is 0.447. The Balaban J connectivity index is 1.85. The van der Waals surface area contributed by atoms with Crippen LogP contribution < -0.4 is 10.6 Å². The molecular formula is C22H25N7O. The second-order valence-electron chi connectivity index (χ2n) is 7.22. The van der Waals surface area contributed by atoms with Crippen LogP contribution in [0.3, 0.4) is 0 Å². The summed E-state index contributed by atoms with van der Waals surface area (Å²) in [4.78, 5) is 18.5. The molecule has 1 aliphatic carbocycles. The normalized spacial score (nSPS) is 14.7. The second kappa shape index (κ2) is 9.29. The van der Waals surface area contributed by atoms with Crippen LogP contribution in [0.2, 0.25) is 0 Å². The van der Waals surface area contributed by atoms with Gasteiger partial charge in [0.2, 0.25) is 0 Å². The molecule has 0 aliphatic heterocycles. The number of aromatic nitrogens is 4. The van der Waals surface area contributed by atoms with E-state index in [1.807, 2.05) is 20.9 Å². The van der Waals surface area contributed by atoms with Crippen LogP contribution in [-0.4, -0.2) is 39.5 Å². The Morgan fingerprint density at radius 2 is 2.07 bits per heavy atom. The molecule has 3 rings (SSSR count). The fourth-order valence-corrected chi connectivity index (χ4v) is 3.18. The molecule has 8 nitrogen and oxygen atoms in total. The van der Waals surface area contributed by atoms with E-state index in [0.29, 0.717) is 23.0 Å². The maximum absolute atomic E-state index is 13.0. The molecule has 30 heavy (non-hydrogen) atoms. The van der Waals surface area contributed by atoms with Gasteiger partial charge >= 0.3 is 0 Å². The van der Waals surface area contributed by atoms with Gasteiger partial charge in [0.15, 0.2) is 5.82 Å². The van der Waals surface area contributed by atoms with Crippen LogP contribution >= 0.6 is 0 Å². The van der Waals surface area contributed by atoms with E-state index in [9.17, 15) is 10.1 Å². The predicted molar refractivity (Wildman–Crippen MR) is 115 cm³/mol. The third kappa shape index (κ3) is 4.70. The molecule has 2 aromatic rings. The number of nitrogens with one attached hydrogen (secondary N) is 2. The van der Waals surface area contributed by atoms with E-state index in [4.69, 9.17) is 0 Å². The Morgan fingerprint density at radius 1 is 1.37 bits per heavy atom. The average molecular weight is 403 g/mol. The highest BCUT2D eigenvalue weighted by Gasteiger charge is 2.31. The van der Waals surface area contributed by atoms with Crippen LogP contribution in [0.25, 0.3) is 5.82 Å². The van der Waals surface area contributed by atoms with Crippen molar-refractivity contribution in [3.63, 3.8) is 0 Å². The van der Waals surface area contributed by atoms with Crippen LogP contribution in [0.4, 0.5) is 5.69 Å². The van der Waals surface area contributed by atoms with Crippen molar-refractivity contribution in [3.8, 4) is 11.9 Å². The molecule has 0 atom stereocenters. The van der Waals surface area contributed by atoms with Crippen molar-refractivity contribution in [2.24, 2.45) is 5.92 Å². The van der Waals surface area contributed by atoms with Gasteiger partial charge in [0, 0.05) is 12.1 Å². The molecule has 0 unspecified atom stereocenters. The Kier molecular flexibility index (Phi) is 6.54. The number of hydrogen-bond acceptors (Lipinski definition) is 6. The Labute approximate surface area is 176 Å². The Hall–Kier alpha value is -3.57. The SMILES string of the molecule is C=C(/C(C)=C/CNC)/C(=C(\C)C(=O)Nc1cnc(-n2nccn2)c(C#N)c1)C1CC1. The standard InChI is InChI=1S/C22H25N7O/c1-14(7-8-24-4)15(2)20(17-5-6-17)16(3)22(30)28-19-11-18(12-23)21(25-13-19)29-26-9-10-27-29/h7,9-11,13,17,24H,2,5-6,8H2,1,3-4H3,(H,28,30)/b14-7+,20-16-. The van der Waals surface area contributed by atoms with Crippen molar-refractivity contribution in [2.75, 3.05) is 18.9 Å². The number of likely N-dealkylation sites (N-methyl/N-ethyl adjacent to an activating group) is 1. The van der Waals surface area contributed by atoms with Gasteiger partial charge in [-0.25, -0.2) is 4.98 Å². The number of hydrogen-bond donors (Lipinski definition) is 2. The van der Waals surface area contributed by atoms with Crippen molar-refractivity contribution in [2.45, 2.75) is 26.7 Å². The molecule has 2 N–H and O–H groups in total. The second-order valence-corrected chi connectivity index (χ2v) is 7.22. The minimum absolute atomic E-state index is 0.227. The minimum Gasteiger partial charge on any atom is -0.321 e. The highest BCUT2D eigenvalue weighted by Crippen LogP contribution is 2.43. The third-order valence-electron chi connectivity index (χ3n) is 5.00. The zero-order valence-electron chi connectivity index (χ0n) is 17.4. The van der Waals surface area contributed by atoms with E-state index in [1.165, 1.54) is 23.4 Å². The summed E-state index contributed by atoms with van der Waals surface area (Å²) >= 11 is 0. The van der Waals surface area contributed by atoms with Crippen molar-refractivity contribution in [1.82, 2.24) is 25.3 Å². The number of carbonyl (C=O) groups is 1. The summed E-state index contributed by atoms with van der Waals surface area (Å²) in [5.41, 5.74) is 4.30. The van der Waals surface area contributed by atoms with Gasteiger partial charge in [0.05, 0.1) is 24.3 Å². The molecule has 0 spiro atoms. The molecule has 1 saturated carbocycles. The smallest absolute Gasteiger partial charge is 0.251 e. The van der Waals surface area contributed by atoms with Gasteiger partial charge in [-0.3, -0.25) is 4.79 Å². The molecule has 154 valence electrons. The highest BCUT2D eigenvalue weighted by atomic mass is 16.1. The summed E-state index contributed by atoms with van der Waals surface area (Å²) < 4.78 is 0. The van der Waals surface area contributed by atoms with E-state index in [1.54, 1.807) is 6.07 Å².